The number of pyridine rings is 2. The van der Waals surface area contributed by atoms with Crippen molar-refractivity contribution >= 4 is 44.1 Å². The molecule has 0 unspecified atom stereocenters. The van der Waals surface area contributed by atoms with E-state index in [1.807, 2.05) is 31.4 Å². The van der Waals surface area contributed by atoms with E-state index in [4.69, 9.17) is 4.98 Å². The van der Waals surface area contributed by atoms with Crippen LogP contribution in [-0.4, -0.2) is 71.2 Å². The second-order valence-corrected chi connectivity index (χ2v) is 9.87. The molecule has 1 aromatic carbocycles. The highest BCUT2D eigenvalue weighted by Crippen LogP contribution is 2.30. The fourth-order valence-electron chi connectivity index (χ4n) is 4.20. The number of fused-ring (bicyclic) bond motifs is 1. The number of hydrogen-bond donors (Lipinski definition) is 1. The zero-order valence-electron chi connectivity index (χ0n) is 20.1. The smallest absolute Gasteiger partial charge is 0.190 e. The Morgan fingerprint density at radius 2 is 1.74 bits per heavy atom. The number of alkyl halides is 1. The molecule has 4 aromatic rings. The molecule has 1 aliphatic heterocycles. The molecule has 0 atom stereocenters. The van der Waals surface area contributed by atoms with Crippen LogP contribution in [0.15, 0.2) is 54.7 Å². The minimum absolute atomic E-state index is 0.269. The second-order valence-electron chi connectivity index (χ2n) is 8.89. The van der Waals surface area contributed by atoms with Crippen LogP contribution in [0.25, 0.3) is 10.3 Å². The number of piperazine rings is 1. The molecule has 182 valence electrons. The minimum atomic E-state index is -0.269. The minimum Gasteiger partial charge on any atom is -0.329 e. The number of halogens is 1. The third-order valence-electron chi connectivity index (χ3n) is 6.34. The van der Waals surface area contributed by atoms with E-state index >= 15 is 0 Å². The van der Waals surface area contributed by atoms with E-state index in [-0.39, 0.29) is 6.67 Å². The topological polar surface area (TPSA) is 60.4 Å². The van der Waals surface area contributed by atoms with E-state index in [9.17, 15) is 4.39 Å². The Balaban J connectivity index is 1.21. The van der Waals surface area contributed by atoms with E-state index in [0.29, 0.717) is 6.54 Å². The standard InChI is InChI=1S/C26H30FN7S/c1-19-3-6-21(7-4-19)32(2)24-10-8-22-25(31-24)35-26(29-22)30-23-9-5-20(17-28-23)18-34-15-13-33(12-11-27)14-16-34/h3-10,17H,11-16,18H2,1-2H3,(H,28,29,30). The van der Waals surface area contributed by atoms with Crippen LogP contribution < -0.4 is 10.2 Å². The summed E-state index contributed by atoms with van der Waals surface area (Å²) in [6, 6.07) is 16.5. The van der Waals surface area contributed by atoms with Crippen molar-refractivity contribution in [2.24, 2.45) is 0 Å². The van der Waals surface area contributed by atoms with Gasteiger partial charge in [0.2, 0.25) is 0 Å². The van der Waals surface area contributed by atoms with E-state index in [0.717, 1.165) is 65.5 Å². The predicted molar refractivity (Wildman–Crippen MR) is 142 cm³/mol. The maximum absolute atomic E-state index is 12.5. The molecule has 35 heavy (non-hydrogen) atoms. The van der Waals surface area contributed by atoms with Crippen LogP contribution in [0.1, 0.15) is 11.1 Å². The SMILES string of the molecule is Cc1ccc(N(C)c2ccc3nc(Nc4ccc(CN5CCN(CCF)CC5)cn4)sc3n2)cc1. The molecule has 1 N–H and O–H groups in total. The van der Waals surface area contributed by atoms with Crippen LogP contribution in [-0.2, 0) is 6.54 Å². The predicted octanol–water partition coefficient (Wildman–Crippen LogP) is 4.99. The highest BCUT2D eigenvalue weighted by atomic mass is 32.1. The van der Waals surface area contributed by atoms with E-state index < -0.39 is 0 Å². The fraction of sp³-hybridized carbons (Fsp3) is 0.346. The van der Waals surface area contributed by atoms with Crippen molar-refractivity contribution < 1.29 is 4.39 Å². The number of thiazole rings is 1. The lowest BCUT2D eigenvalue weighted by molar-refractivity contribution is 0.121. The Hall–Kier alpha value is -3.14. The molecule has 4 heterocycles. The van der Waals surface area contributed by atoms with Gasteiger partial charge >= 0.3 is 0 Å². The quantitative estimate of drug-likeness (QED) is 0.372. The van der Waals surface area contributed by atoms with Crippen LogP contribution in [0.4, 0.5) is 26.8 Å². The van der Waals surface area contributed by atoms with Crippen molar-refractivity contribution in [3.8, 4) is 0 Å². The number of rotatable bonds is 8. The molecule has 1 aliphatic rings. The maximum atomic E-state index is 12.5. The van der Waals surface area contributed by atoms with Gasteiger partial charge in [-0.3, -0.25) is 9.80 Å². The lowest BCUT2D eigenvalue weighted by atomic mass is 10.2. The number of hydrogen-bond acceptors (Lipinski definition) is 8. The van der Waals surface area contributed by atoms with Gasteiger partial charge in [-0.05, 0) is 42.8 Å². The first-order valence-electron chi connectivity index (χ1n) is 11.9. The summed E-state index contributed by atoms with van der Waals surface area (Å²) in [4.78, 5) is 21.6. The van der Waals surface area contributed by atoms with Crippen molar-refractivity contribution in [1.82, 2.24) is 24.8 Å². The molecule has 0 spiro atoms. The summed E-state index contributed by atoms with van der Waals surface area (Å²) in [6.45, 7) is 6.98. The summed E-state index contributed by atoms with van der Waals surface area (Å²) < 4.78 is 12.5. The van der Waals surface area contributed by atoms with Gasteiger partial charge in [0.15, 0.2) is 5.13 Å². The number of anilines is 4. The molecule has 1 fully saturated rings. The van der Waals surface area contributed by atoms with Crippen molar-refractivity contribution in [1.29, 1.82) is 0 Å². The summed E-state index contributed by atoms with van der Waals surface area (Å²) in [5, 5.41) is 4.09. The normalized spacial score (nSPS) is 14.9. The van der Waals surface area contributed by atoms with Crippen LogP contribution in [0.5, 0.6) is 0 Å². The molecule has 3 aromatic heterocycles. The average molecular weight is 492 g/mol. The Kier molecular flexibility index (Phi) is 7.17. The summed E-state index contributed by atoms with van der Waals surface area (Å²) in [7, 11) is 2.02. The summed E-state index contributed by atoms with van der Waals surface area (Å²) in [5.74, 6) is 1.64. The van der Waals surface area contributed by atoms with Gasteiger partial charge in [0.1, 0.15) is 28.7 Å². The third-order valence-corrected chi connectivity index (χ3v) is 7.22. The summed E-state index contributed by atoms with van der Waals surface area (Å²) in [5.41, 5.74) is 4.36. The lowest BCUT2D eigenvalue weighted by Crippen LogP contribution is -2.46. The van der Waals surface area contributed by atoms with E-state index in [1.165, 1.54) is 22.5 Å². The molecule has 9 heteroatoms. The Bertz CT molecular complexity index is 1250. The molecule has 0 amide bonds. The first-order valence-corrected chi connectivity index (χ1v) is 12.7. The zero-order valence-corrected chi connectivity index (χ0v) is 20.9. The van der Waals surface area contributed by atoms with Gasteiger partial charge in [-0.1, -0.05) is 35.1 Å². The van der Waals surface area contributed by atoms with Gasteiger partial charge in [0.05, 0.1) is 0 Å². The van der Waals surface area contributed by atoms with Crippen molar-refractivity contribution in [2.75, 3.05) is 56.7 Å². The van der Waals surface area contributed by atoms with Gasteiger partial charge < -0.3 is 10.2 Å². The summed E-state index contributed by atoms with van der Waals surface area (Å²) in [6.07, 6.45) is 1.91. The number of aryl methyl sites for hydroxylation is 1. The number of aromatic nitrogens is 3. The van der Waals surface area contributed by atoms with Crippen molar-refractivity contribution in [3.05, 3.63) is 65.9 Å². The van der Waals surface area contributed by atoms with Crippen LogP contribution in [0.2, 0.25) is 0 Å². The number of nitrogens with zero attached hydrogens (tertiary/aromatic N) is 6. The highest BCUT2D eigenvalue weighted by molar-refractivity contribution is 7.21. The van der Waals surface area contributed by atoms with Gasteiger partial charge in [-0.25, -0.2) is 19.3 Å². The van der Waals surface area contributed by atoms with E-state index in [1.54, 1.807) is 0 Å². The molecule has 0 aliphatic carbocycles. The summed E-state index contributed by atoms with van der Waals surface area (Å²) >= 11 is 1.52. The van der Waals surface area contributed by atoms with Crippen LogP contribution in [0.3, 0.4) is 0 Å². The third kappa shape index (κ3) is 5.75. The Morgan fingerprint density at radius 3 is 2.46 bits per heavy atom. The van der Waals surface area contributed by atoms with Crippen molar-refractivity contribution in [2.45, 2.75) is 13.5 Å². The average Bonchev–Trinajstić information content (AvgIpc) is 3.28. The molecule has 7 nitrogen and oxygen atoms in total. The van der Waals surface area contributed by atoms with Gasteiger partial charge in [-0.2, -0.15) is 0 Å². The molecule has 0 radical (unpaired) electrons. The molecule has 0 saturated carbocycles. The fourth-order valence-corrected chi connectivity index (χ4v) is 5.04. The first-order chi connectivity index (χ1) is 17.1. The lowest BCUT2D eigenvalue weighted by Gasteiger charge is -2.34. The number of benzene rings is 1. The second kappa shape index (κ2) is 10.6. The maximum Gasteiger partial charge on any atom is 0.190 e. The monoisotopic (exact) mass is 491 g/mol. The van der Waals surface area contributed by atoms with Gasteiger partial charge in [-0.15, -0.1) is 0 Å². The highest BCUT2D eigenvalue weighted by Gasteiger charge is 2.17. The largest absolute Gasteiger partial charge is 0.329 e. The molecule has 5 rings (SSSR count). The van der Waals surface area contributed by atoms with E-state index in [2.05, 4.69) is 67.2 Å². The van der Waals surface area contributed by atoms with Gasteiger partial charge in [0.25, 0.3) is 0 Å². The molecule has 1 saturated heterocycles. The Labute approximate surface area is 209 Å². The van der Waals surface area contributed by atoms with Gasteiger partial charge in [0, 0.05) is 58.2 Å². The molecular formula is C26H30FN7S. The molecule has 0 bridgehead atoms. The first kappa shape index (κ1) is 23.6. The zero-order chi connectivity index (χ0) is 24.2. The Morgan fingerprint density at radius 1 is 0.971 bits per heavy atom. The van der Waals surface area contributed by atoms with Crippen LogP contribution >= 0.6 is 11.3 Å². The van der Waals surface area contributed by atoms with Crippen molar-refractivity contribution in [3.63, 3.8) is 0 Å². The molecular weight excluding hydrogens is 461 g/mol. The number of nitrogens with one attached hydrogen (secondary N) is 1. The van der Waals surface area contributed by atoms with Crippen LogP contribution in [0, 0.1) is 6.92 Å².